The molecule has 1 amide bonds. The van der Waals surface area contributed by atoms with Gasteiger partial charge in [-0.1, -0.05) is 20.3 Å². The number of likely N-dealkylation sites (N-methyl/N-ethyl adjacent to an activating group) is 1. The van der Waals surface area contributed by atoms with Crippen molar-refractivity contribution < 1.29 is 4.79 Å². The first-order valence-electron chi connectivity index (χ1n) is 5.39. The molecule has 1 atom stereocenters. The van der Waals surface area contributed by atoms with Crippen molar-refractivity contribution in [3.8, 4) is 0 Å². The Balaban J connectivity index is 4.10. The van der Waals surface area contributed by atoms with E-state index in [-0.39, 0.29) is 11.4 Å². The maximum atomic E-state index is 11.6. The predicted molar refractivity (Wildman–Crippen MR) is 60.3 cm³/mol. The Hall–Kier alpha value is -0.570. The summed E-state index contributed by atoms with van der Waals surface area (Å²) in [5, 5.41) is 3.09. The molecular formula is C11H24N2O. The molecule has 14 heavy (non-hydrogen) atoms. The van der Waals surface area contributed by atoms with Crippen LogP contribution in [-0.2, 0) is 4.79 Å². The normalized spacial score (nSPS) is 15.3. The highest BCUT2D eigenvalue weighted by molar-refractivity contribution is 5.78. The minimum absolute atomic E-state index is 0.0259. The number of hydrogen-bond acceptors (Lipinski definition) is 2. The van der Waals surface area contributed by atoms with Crippen LogP contribution in [-0.4, -0.2) is 37.0 Å². The summed E-state index contributed by atoms with van der Waals surface area (Å²) >= 11 is 0. The van der Waals surface area contributed by atoms with Crippen molar-refractivity contribution in [1.29, 1.82) is 0 Å². The lowest BCUT2D eigenvalue weighted by Gasteiger charge is -2.30. The van der Waals surface area contributed by atoms with Gasteiger partial charge in [-0.15, -0.1) is 0 Å². The van der Waals surface area contributed by atoms with Gasteiger partial charge in [0, 0.05) is 5.54 Å². The van der Waals surface area contributed by atoms with Gasteiger partial charge in [0.2, 0.25) is 5.91 Å². The summed E-state index contributed by atoms with van der Waals surface area (Å²) in [6.45, 7) is 6.85. The molecule has 0 fully saturated rings. The van der Waals surface area contributed by atoms with Crippen LogP contribution in [0.3, 0.4) is 0 Å². The molecule has 3 nitrogen and oxygen atoms in total. The molecule has 0 aliphatic carbocycles. The topological polar surface area (TPSA) is 32.3 Å². The molecule has 0 aromatic rings. The van der Waals surface area contributed by atoms with Crippen molar-refractivity contribution in [3.63, 3.8) is 0 Å². The van der Waals surface area contributed by atoms with Crippen LogP contribution in [0.25, 0.3) is 0 Å². The summed E-state index contributed by atoms with van der Waals surface area (Å²) in [5.41, 5.74) is -0.0259. The number of amides is 1. The van der Waals surface area contributed by atoms with E-state index in [1.54, 1.807) is 0 Å². The van der Waals surface area contributed by atoms with Crippen LogP contribution < -0.4 is 5.32 Å². The lowest BCUT2D eigenvalue weighted by atomic mass is 9.93. The Morgan fingerprint density at radius 2 is 1.93 bits per heavy atom. The van der Waals surface area contributed by atoms with Gasteiger partial charge in [0.15, 0.2) is 0 Å². The highest BCUT2D eigenvalue weighted by Crippen LogP contribution is 2.15. The second kappa shape index (κ2) is 6.02. The van der Waals surface area contributed by atoms with Crippen LogP contribution in [0.4, 0.5) is 0 Å². The summed E-state index contributed by atoms with van der Waals surface area (Å²) in [6.07, 6.45) is 3.13. The molecule has 0 saturated carbocycles. The third-order valence-electron chi connectivity index (χ3n) is 2.48. The maximum absolute atomic E-state index is 11.6. The third kappa shape index (κ3) is 5.22. The molecule has 1 N–H and O–H groups in total. The minimum atomic E-state index is -0.0259. The quantitative estimate of drug-likeness (QED) is 0.707. The number of rotatable bonds is 6. The van der Waals surface area contributed by atoms with Crippen molar-refractivity contribution in [1.82, 2.24) is 10.2 Å². The summed E-state index contributed by atoms with van der Waals surface area (Å²) in [4.78, 5) is 13.4. The molecule has 0 aliphatic heterocycles. The number of carbonyl (C=O) groups is 1. The fraction of sp³-hybridized carbons (Fsp3) is 0.909. The van der Waals surface area contributed by atoms with Gasteiger partial charge in [0.1, 0.15) is 0 Å². The zero-order valence-corrected chi connectivity index (χ0v) is 10.2. The molecular weight excluding hydrogens is 176 g/mol. The van der Waals surface area contributed by atoms with Crippen LogP contribution >= 0.6 is 0 Å². The highest BCUT2D eigenvalue weighted by atomic mass is 16.2. The van der Waals surface area contributed by atoms with Crippen molar-refractivity contribution >= 4 is 5.91 Å². The SMILES string of the molecule is CCCC(C)(CC)NC(=O)CN(C)C. The average Bonchev–Trinajstić information content (AvgIpc) is 2.02. The van der Waals surface area contributed by atoms with E-state index in [2.05, 4.69) is 26.1 Å². The van der Waals surface area contributed by atoms with E-state index < -0.39 is 0 Å². The number of hydrogen-bond donors (Lipinski definition) is 1. The van der Waals surface area contributed by atoms with Gasteiger partial charge in [0.25, 0.3) is 0 Å². The van der Waals surface area contributed by atoms with Crippen LogP contribution in [0, 0.1) is 0 Å². The first-order chi connectivity index (χ1) is 6.43. The second-order valence-electron chi connectivity index (χ2n) is 4.45. The standard InChI is InChI=1S/C11H24N2O/c1-6-8-11(3,7-2)12-10(14)9-13(4)5/h6-9H2,1-5H3,(H,12,14). The van der Waals surface area contributed by atoms with E-state index in [4.69, 9.17) is 0 Å². The molecule has 0 saturated heterocycles. The van der Waals surface area contributed by atoms with Crippen LogP contribution in [0.2, 0.25) is 0 Å². The van der Waals surface area contributed by atoms with E-state index >= 15 is 0 Å². The zero-order valence-electron chi connectivity index (χ0n) is 10.2. The largest absolute Gasteiger partial charge is 0.350 e. The molecule has 0 aromatic heterocycles. The average molecular weight is 200 g/mol. The van der Waals surface area contributed by atoms with Crippen molar-refractivity contribution in [2.75, 3.05) is 20.6 Å². The van der Waals surface area contributed by atoms with Crippen LogP contribution in [0.1, 0.15) is 40.0 Å². The fourth-order valence-electron chi connectivity index (χ4n) is 1.54. The molecule has 0 spiro atoms. The molecule has 84 valence electrons. The van der Waals surface area contributed by atoms with Gasteiger partial charge in [-0.25, -0.2) is 0 Å². The van der Waals surface area contributed by atoms with Crippen molar-refractivity contribution in [3.05, 3.63) is 0 Å². The number of carbonyl (C=O) groups excluding carboxylic acids is 1. The summed E-state index contributed by atoms with van der Waals surface area (Å²) in [7, 11) is 3.81. The van der Waals surface area contributed by atoms with Gasteiger partial charge >= 0.3 is 0 Å². The van der Waals surface area contributed by atoms with E-state index in [9.17, 15) is 4.79 Å². The van der Waals surface area contributed by atoms with Gasteiger partial charge in [-0.2, -0.15) is 0 Å². The Bertz CT molecular complexity index is 180. The van der Waals surface area contributed by atoms with E-state index in [0.717, 1.165) is 19.3 Å². The first-order valence-corrected chi connectivity index (χ1v) is 5.39. The molecule has 3 heteroatoms. The van der Waals surface area contributed by atoms with E-state index in [1.165, 1.54) is 0 Å². The second-order valence-corrected chi connectivity index (χ2v) is 4.45. The minimum Gasteiger partial charge on any atom is -0.350 e. The fourth-order valence-corrected chi connectivity index (χ4v) is 1.54. The van der Waals surface area contributed by atoms with Crippen LogP contribution in [0.15, 0.2) is 0 Å². The predicted octanol–water partition coefficient (Wildman–Crippen LogP) is 1.63. The Morgan fingerprint density at radius 1 is 1.36 bits per heavy atom. The molecule has 0 rings (SSSR count). The highest BCUT2D eigenvalue weighted by Gasteiger charge is 2.22. The van der Waals surface area contributed by atoms with Gasteiger partial charge in [-0.3, -0.25) is 4.79 Å². The molecule has 0 aliphatic rings. The maximum Gasteiger partial charge on any atom is 0.234 e. The van der Waals surface area contributed by atoms with Crippen molar-refractivity contribution in [2.24, 2.45) is 0 Å². The Kier molecular flexibility index (Phi) is 5.77. The van der Waals surface area contributed by atoms with Crippen molar-refractivity contribution in [2.45, 2.75) is 45.6 Å². The monoisotopic (exact) mass is 200 g/mol. The Labute approximate surface area is 87.9 Å². The van der Waals surface area contributed by atoms with E-state index in [0.29, 0.717) is 6.54 Å². The van der Waals surface area contributed by atoms with Gasteiger partial charge in [0.05, 0.1) is 6.54 Å². The van der Waals surface area contributed by atoms with Crippen LogP contribution in [0.5, 0.6) is 0 Å². The summed E-state index contributed by atoms with van der Waals surface area (Å²) in [5.74, 6) is 0.118. The molecule has 0 radical (unpaired) electrons. The zero-order chi connectivity index (χ0) is 11.2. The molecule has 0 bridgehead atoms. The number of nitrogens with zero attached hydrogens (tertiary/aromatic N) is 1. The lowest BCUT2D eigenvalue weighted by Crippen LogP contribution is -2.48. The molecule has 1 unspecified atom stereocenters. The Morgan fingerprint density at radius 3 is 2.29 bits per heavy atom. The molecule has 0 heterocycles. The number of nitrogens with one attached hydrogen (secondary N) is 1. The summed E-state index contributed by atoms with van der Waals surface area (Å²) < 4.78 is 0. The van der Waals surface area contributed by atoms with Gasteiger partial charge in [-0.05, 0) is 33.9 Å². The molecule has 0 aromatic carbocycles. The third-order valence-corrected chi connectivity index (χ3v) is 2.48. The smallest absolute Gasteiger partial charge is 0.234 e. The summed E-state index contributed by atoms with van der Waals surface area (Å²) in [6, 6.07) is 0. The van der Waals surface area contributed by atoms with E-state index in [1.807, 2.05) is 19.0 Å². The van der Waals surface area contributed by atoms with Gasteiger partial charge < -0.3 is 10.2 Å². The first kappa shape index (κ1) is 13.4. The lowest BCUT2D eigenvalue weighted by molar-refractivity contribution is -0.123.